The zero-order valence-electron chi connectivity index (χ0n) is 10.0. The smallest absolute Gasteiger partial charge is 0.323 e. The van der Waals surface area contributed by atoms with Gasteiger partial charge in [-0.05, 0) is 19.1 Å². The molecule has 0 atom stereocenters. The van der Waals surface area contributed by atoms with Crippen LogP contribution >= 0.6 is 0 Å². The highest BCUT2D eigenvalue weighted by molar-refractivity contribution is 5.54. The highest BCUT2D eigenvalue weighted by atomic mass is 19.2. The van der Waals surface area contributed by atoms with E-state index in [4.69, 9.17) is 10.5 Å². The summed E-state index contributed by atoms with van der Waals surface area (Å²) in [6.07, 6.45) is 0. The van der Waals surface area contributed by atoms with E-state index in [-0.39, 0.29) is 23.6 Å². The minimum atomic E-state index is -0.975. The summed E-state index contributed by atoms with van der Waals surface area (Å²) in [4.78, 5) is 11.5. The molecule has 3 N–H and O–H groups in total. The van der Waals surface area contributed by atoms with Gasteiger partial charge in [0, 0.05) is 11.8 Å². The summed E-state index contributed by atoms with van der Waals surface area (Å²) in [7, 11) is 0. The number of hydrogen-bond donors (Lipinski definition) is 2. The minimum Gasteiger partial charge on any atom is -0.464 e. The van der Waals surface area contributed by atoms with Gasteiger partial charge in [-0.25, -0.2) is 8.78 Å². The first-order valence-corrected chi connectivity index (χ1v) is 5.45. The molecule has 0 unspecified atom stereocenters. The van der Waals surface area contributed by atoms with Crippen LogP contribution in [0.1, 0.15) is 6.92 Å². The summed E-state index contributed by atoms with van der Waals surface area (Å²) in [6, 6.07) is 3.38. The number of nitrogens with one attached hydrogen (secondary N) is 1. The van der Waals surface area contributed by atoms with Crippen molar-refractivity contribution in [3.05, 3.63) is 29.8 Å². The number of benzene rings is 1. The summed E-state index contributed by atoms with van der Waals surface area (Å²) >= 11 is 0. The third-order valence-corrected chi connectivity index (χ3v) is 2.08. The molecule has 0 aliphatic carbocycles. The Morgan fingerprint density at radius 1 is 1.21 bits per heavy atom. The second-order valence-corrected chi connectivity index (χ2v) is 3.49. The van der Waals surface area contributed by atoms with Crippen molar-refractivity contribution >= 4 is 17.6 Å². The molecule has 0 fully saturated rings. The molecule has 0 spiro atoms. The molecule has 1 heterocycles. The second kappa shape index (κ2) is 5.42. The van der Waals surface area contributed by atoms with E-state index >= 15 is 0 Å². The number of nitrogens with two attached hydrogens (primary N) is 1. The van der Waals surface area contributed by atoms with E-state index < -0.39 is 11.6 Å². The lowest BCUT2D eigenvalue weighted by Gasteiger charge is -2.07. The third kappa shape index (κ3) is 3.24. The van der Waals surface area contributed by atoms with Gasteiger partial charge in [0.05, 0.1) is 6.61 Å². The molecular formula is C11H11F2N5O. The average molecular weight is 267 g/mol. The van der Waals surface area contributed by atoms with Crippen molar-refractivity contribution in [3.63, 3.8) is 0 Å². The van der Waals surface area contributed by atoms with Gasteiger partial charge in [0.2, 0.25) is 11.9 Å². The number of rotatable bonds is 4. The van der Waals surface area contributed by atoms with Crippen LogP contribution in [-0.2, 0) is 0 Å². The predicted octanol–water partition coefficient (Wildman–Crippen LogP) is 1.87. The minimum absolute atomic E-state index is 0.0384. The van der Waals surface area contributed by atoms with Gasteiger partial charge in [0.25, 0.3) is 0 Å². The highest BCUT2D eigenvalue weighted by Gasteiger charge is 2.07. The van der Waals surface area contributed by atoms with Gasteiger partial charge < -0.3 is 15.8 Å². The fourth-order valence-electron chi connectivity index (χ4n) is 1.32. The van der Waals surface area contributed by atoms with Crippen LogP contribution < -0.4 is 15.8 Å². The van der Waals surface area contributed by atoms with Gasteiger partial charge in [0.15, 0.2) is 11.6 Å². The van der Waals surface area contributed by atoms with Crippen LogP contribution in [0.15, 0.2) is 18.2 Å². The monoisotopic (exact) mass is 267 g/mol. The first-order valence-electron chi connectivity index (χ1n) is 5.45. The van der Waals surface area contributed by atoms with E-state index in [9.17, 15) is 8.78 Å². The molecule has 19 heavy (non-hydrogen) atoms. The Morgan fingerprint density at radius 2 is 2.00 bits per heavy atom. The summed E-state index contributed by atoms with van der Waals surface area (Å²) in [5.74, 6) is -1.86. The van der Waals surface area contributed by atoms with Crippen molar-refractivity contribution in [1.29, 1.82) is 0 Å². The van der Waals surface area contributed by atoms with Gasteiger partial charge in [-0.3, -0.25) is 0 Å². The molecule has 0 aliphatic heterocycles. The van der Waals surface area contributed by atoms with Crippen LogP contribution in [0.5, 0.6) is 6.01 Å². The van der Waals surface area contributed by atoms with Crippen molar-refractivity contribution in [3.8, 4) is 6.01 Å². The Hall–Kier alpha value is -2.51. The van der Waals surface area contributed by atoms with E-state index in [1.54, 1.807) is 6.92 Å². The van der Waals surface area contributed by atoms with Gasteiger partial charge in [-0.1, -0.05) is 0 Å². The fraction of sp³-hybridized carbons (Fsp3) is 0.182. The Kier molecular flexibility index (Phi) is 3.69. The number of aromatic nitrogens is 3. The van der Waals surface area contributed by atoms with E-state index in [1.807, 2.05) is 0 Å². The van der Waals surface area contributed by atoms with Crippen LogP contribution in [-0.4, -0.2) is 21.6 Å². The zero-order chi connectivity index (χ0) is 13.8. The predicted molar refractivity (Wildman–Crippen MR) is 65.0 cm³/mol. The highest BCUT2D eigenvalue weighted by Crippen LogP contribution is 2.18. The number of nitrogen functional groups attached to an aromatic ring is 1. The molecule has 0 radical (unpaired) electrons. The van der Waals surface area contributed by atoms with Crippen LogP contribution in [0.3, 0.4) is 0 Å². The largest absolute Gasteiger partial charge is 0.464 e. The molecule has 6 nitrogen and oxygen atoms in total. The van der Waals surface area contributed by atoms with E-state index in [0.29, 0.717) is 6.61 Å². The van der Waals surface area contributed by atoms with E-state index in [0.717, 1.165) is 12.1 Å². The Balaban J connectivity index is 2.24. The Bertz CT molecular complexity index is 593. The van der Waals surface area contributed by atoms with Crippen molar-refractivity contribution in [2.24, 2.45) is 0 Å². The van der Waals surface area contributed by atoms with Crippen LogP contribution in [0, 0.1) is 11.6 Å². The third-order valence-electron chi connectivity index (χ3n) is 2.08. The maximum Gasteiger partial charge on any atom is 0.323 e. The lowest BCUT2D eigenvalue weighted by Crippen LogP contribution is -2.06. The molecule has 0 saturated carbocycles. The quantitative estimate of drug-likeness (QED) is 0.879. The zero-order valence-corrected chi connectivity index (χ0v) is 10.0. The molecule has 1 aromatic carbocycles. The van der Waals surface area contributed by atoms with Crippen molar-refractivity contribution in [2.75, 3.05) is 17.7 Å². The molecule has 0 saturated heterocycles. The lowest BCUT2D eigenvalue weighted by atomic mass is 10.3. The van der Waals surface area contributed by atoms with Crippen LogP contribution in [0.2, 0.25) is 0 Å². The van der Waals surface area contributed by atoms with Crippen molar-refractivity contribution < 1.29 is 13.5 Å². The molecule has 2 rings (SSSR count). The van der Waals surface area contributed by atoms with Crippen molar-refractivity contribution in [2.45, 2.75) is 6.92 Å². The van der Waals surface area contributed by atoms with Gasteiger partial charge in [-0.15, -0.1) is 0 Å². The standard InChI is InChI=1S/C11H11F2N5O/c1-2-19-11-17-9(14)16-10(18-11)15-6-3-4-7(12)8(13)5-6/h3-5H,2H2,1H3,(H3,14,15,16,17,18). The summed E-state index contributed by atoms with van der Waals surface area (Å²) in [5.41, 5.74) is 5.77. The number of halogens is 2. The summed E-state index contributed by atoms with van der Waals surface area (Å²) in [5, 5.41) is 2.68. The normalized spacial score (nSPS) is 10.3. The number of hydrogen-bond acceptors (Lipinski definition) is 6. The first kappa shape index (κ1) is 12.9. The van der Waals surface area contributed by atoms with Crippen molar-refractivity contribution in [1.82, 2.24) is 15.0 Å². The maximum atomic E-state index is 13.0. The Morgan fingerprint density at radius 3 is 2.68 bits per heavy atom. The summed E-state index contributed by atoms with van der Waals surface area (Å²) in [6.45, 7) is 2.14. The lowest BCUT2D eigenvalue weighted by molar-refractivity contribution is 0.312. The SMILES string of the molecule is CCOc1nc(N)nc(Nc2ccc(F)c(F)c2)n1. The topological polar surface area (TPSA) is 86.0 Å². The molecule has 0 amide bonds. The molecule has 8 heteroatoms. The molecule has 0 bridgehead atoms. The average Bonchev–Trinajstić information content (AvgIpc) is 2.33. The van der Waals surface area contributed by atoms with Gasteiger partial charge >= 0.3 is 6.01 Å². The molecule has 0 aliphatic rings. The molecular weight excluding hydrogens is 256 g/mol. The first-order chi connectivity index (χ1) is 9.08. The molecule has 1 aromatic heterocycles. The molecule has 100 valence electrons. The van der Waals surface area contributed by atoms with Gasteiger partial charge in [0.1, 0.15) is 0 Å². The van der Waals surface area contributed by atoms with Gasteiger partial charge in [-0.2, -0.15) is 15.0 Å². The van der Waals surface area contributed by atoms with E-state index in [2.05, 4.69) is 20.3 Å². The van der Waals surface area contributed by atoms with Crippen LogP contribution in [0.25, 0.3) is 0 Å². The fourth-order valence-corrected chi connectivity index (χ4v) is 1.32. The summed E-state index contributed by atoms with van der Waals surface area (Å²) < 4.78 is 30.9. The Labute approximate surface area is 107 Å². The number of anilines is 3. The second-order valence-electron chi connectivity index (χ2n) is 3.49. The molecule has 2 aromatic rings. The van der Waals surface area contributed by atoms with E-state index in [1.165, 1.54) is 6.07 Å². The maximum absolute atomic E-state index is 13.0. The number of ether oxygens (including phenoxy) is 1. The van der Waals surface area contributed by atoms with Crippen LogP contribution in [0.4, 0.5) is 26.4 Å². The number of nitrogens with zero attached hydrogens (tertiary/aromatic N) is 3.